The molecule has 4 aliphatic rings. The van der Waals surface area contributed by atoms with Crippen molar-refractivity contribution in [3.05, 3.63) is 47.8 Å². The number of fused-ring (bicyclic) bond motifs is 7. The number of aryl methyl sites for hydroxylation is 2. The van der Waals surface area contributed by atoms with Gasteiger partial charge in [-0.15, -0.1) is 0 Å². The predicted molar refractivity (Wildman–Crippen MR) is 165 cm³/mol. The summed E-state index contributed by atoms with van der Waals surface area (Å²) >= 11 is 0. The molecule has 0 radical (unpaired) electrons. The first-order valence-electron chi connectivity index (χ1n) is 15.2. The lowest BCUT2D eigenvalue weighted by atomic mass is 9.86. The van der Waals surface area contributed by atoms with E-state index in [1.807, 2.05) is 14.0 Å². The smallest absolute Gasteiger partial charge is 0.280 e. The maximum absolute atomic E-state index is 13.7. The number of hydrogen-bond donors (Lipinski definition) is 2. The van der Waals surface area contributed by atoms with Gasteiger partial charge in [-0.2, -0.15) is 10.1 Å². The fourth-order valence-electron chi connectivity index (χ4n) is 6.55. The first-order valence-corrected chi connectivity index (χ1v) is 15.2. The zero-order valence-electron chi connectivity index (χ0n) is 24.9. The number of aromatic nitrogens is 3. The minimum absolute atomic E-state index is 0.297. The molecule has 220 valence electrons. The van der Waals surface area contributed by atoms with Crippen LogP contribution < -0.4 is 20.3 Å². The fourth-order valence-corrected chi connectivity index (χ4v) is 6.55. The van der Waals surface area contributed by atoms with Crippen LogP contribution in [0.2, 0.25) is 0 Å². The Hall–Kier alpha value is -3.92. The first-order chi connectivity index (χ1) is 20.3. The van der Waals surface area contributed by atoms with Crippen LogP contribution in [-0.2, 0) is 7.05 Å². The van der Waals surface area contributed by atoms with Gasteiger partial charge in [-0.25, -0.2) is 4.68 Å². The van der Waals surface area contributed by atoms with Crippen LogP contribution in [0.4, 0.5) is 17.1 Å². The minimum atomic E-state index is -0.297. The Balaban J connectivity index is 1.23. The molecule has 10 heteroatoms. The Bertz CT molecular complexity index is 1540. The highest BCUT2D eigenvalue weighted by Gasteiger charge is 2.37. The average molecular weight is 569 g/mol. The average Bonchev–Trinajstić information content (AvgIpc) is 3.64. The van der Waals surface area contributed by atoms with E-state index >= 15 is 0 Å². The number of ether oxygens (including phenoxy) is 1. The van der Waals surface area contributed by atoms with E-state index in [1.165, 1.54) is 12.8 Å². The van der Waals surface area contributed by atoms with Gasteiger partial charge in [0.05, 0.1) is 35.4 Å². The van der Waals surface area contributed by atoms with Gasteiger partial charge in [0.25, 0.3) is 5.91 Å². The number of anilines is 3. The third-order valence-corrected chi connectivity index (χ3v) is 9.24. The van der Waals surface area contributed by atoms with Gasteiger partial charge < -0.3 is 25.2 Å². The summed E-state index contributed by atoms with van der Waals surface area (Å²) in [6.07, 6.45) is 8.54. The molecule has 0 spiro atoms. The maximum atomic E-state index is 13.7. The zero-order chi connectivity index (χ0) is 29.0. The van der Waals surface area contributed by atoms with E-state index in [0.717, 1.165) is 60.5 Å². The molecule has 42 heavy (non-hydrogen) atoms. The van der Waals surface area contributed by atoms with E-state index < -0.39 is 0 Å². The quantitative estimate of drug-likeness (QED) is 0.458. The van der Waals surface area contributed by atoms with Gasteiger partial charge in [0.2, 0.25) is 11.8 Å². The van der Waals surface area contributed by atoms with Crippen molar-refractivity contribution in [3.8, 4) is 17.1 Å². The molecule has 2 bridgehead atoms. The van der Waals surface area contributed by atoms with E-state index in [-0.39, 0.29) is 5.91 Å². The molecule has 4 heterocycles. The molecular weight excluding hydrogens is 528 g/mol. The summed E-state index contributed by atoms with van der Waals surface area (Å²) in [5.41, 5.74) is 5.85. The molecule has 2 N–H and O–H groups in total. The number of pyridine rings is 1. The van der Waals surface area contributed by atoms with Crippen molar-refractivity contribution in [3.63, 3.8) is 0 Å². The Morgan fingerprint density at radius 1 is 1.10 bits per heavy atom. The SMILES string of the molecule is Cc1cc2cc(n1)-c1cnn(C)c1OCCC[C@@H](C1CC1)CN1/C(=N/C2=O)Nc2ccc(N[C@H]3C[C@H](N(C)C)C3)cc21. The lowest BCUT2D eigenvalue weighted by Gasteiger charge is -2.40. The second-order valence-electron chi connectivity index (χ2n) is 12.6. The second kappa shape index (κ2) is 10.7. The molecule has 3 aromatic rings. The van der Waals surface area contributed by atoms with Crippen LogP contribution in [0, 0.1) is 18.8 Å². The summed E-state index contributed by atoms with van der Waals surface area (Å²) in [6, 6.07) is 11.2. The van der Waals surface area contributed by atoms with Crippen molar-refractivity contribution in [1.29, 1.82) is 0 Å². The third-order valence-electron chi connectivity index (χ3n) is 9.24. The van der Waals surface area contributed by atoms with Crippen LogP contribution in [0.1, 0.15) is 54.6 Å². The maximum Gasteiger partial charge on any atom is 0.280 e. The molecule has 1 amide bonds. The number of nitrogens with one attached hydrogen (secondary N) is 2. The normalized spacial score (nSPS) is 25.1. The lowest BCUT2D eigenvalue weighted by Crippen LogP contribution is -2.46. The molecule has 2 aromatic heterocycles. The van der Waals surface area contributed by atoms with Gasteiger partial charge in [0.15, 0.2) is 0 Å². The molecule has 7 rings (SSSR count). The summed E-state index contributed by atoms with van der Waals surface area (Å²) in [7, 11) is 6.18. The van der Waals surface area contributed by atoms with Crippen LogP contribution in [0.3, 0.4) is 0 Å². The van der Waals surface area contributed by atoms with Crippen molar-refractivity contribution in [2.45, 2.75) is 57.5 Å². The number of carbonyl (C=O) groups is 1. The Morgan fingerprint density at radius 2 is 1.93 bits per heavy atom. The van der Waals surface area contributed by atoms with Gasteiger partial charge in [0.1, 0.15) is 0 Å². The number of rotatable bonds is 4. The number of guanidine groups is 1. The summed E-state index contributed by atoms with van der Waals surface area (Å²) < 4.78 is 8.03. The van der Waals surface area contributed by atoms with E-state index in [1.54, 1.807) is 23.0 Å². The van der Waals surface area contributed by atoms with Crippen LogP contribution >= 0.6 is 0 Å². The Labute approximate surface area is 247 Å². The molecule has 2 aliphatic heterocycles. The molecular formula is C32H40N8O2. The van der Waals surface area contributed by atoms with Gasteiger partial charge in [-0.1, -0.05) is 0 Å². The number of nitrogens with zero attached hydrogens (tertiary/aromatic N) is 6. The van der Waals surface area contributed by atoms with Gasteiger partial charge in [0, 0.05) is 42.6 Å². The van der Waals surface area contributed by atoms with Crippen LogP contribution in [0.5, 0.6) is 5.88 Å². The van der Waals surface area contributed by atoms with Crippen LogP contribution in [0.15, 0.2) is 41.5 Å². The van der Waals surface area contributed by atoms with Gasteiger partial charge >= 0.3 is 0 Å². The van der Waals surface area contributed by atoms with Gasteiger partial charge in [-0.05, 0) is 102 Å². The summed E-state index contributed by atoms with van der Waals surface area (Å²) in [5.74, 6) is 2.14. The number of aliphatic imine (C=N–C) groups is 1. The molecule has 10 nitrogen and oxygen atoms in total. The molecule has 2 aliphatic carbocycles. The van der Waals surface area contributed by atoms with Crippen LogP contribution in [-0.4, -0.2) is 70.9 Å². The van der Waals surface area contributed by atoms with Crippen molar-refractivity contribution in [1.82, 2.24) is 19.7 Å². The van der Waals surface area contributed by atoms with E-state index in [4.69, 9.17) is 9.72 Å². The van der Waals surface area contributed by atoms with E-state index in [0.29, 0.717) is 53.6 Å². The second-order valence-corrected chi connectivity index (χ2v) is 12.6. The fraction of sp³-hybridized carbons (Fsp3) is 0.500. The zero-order valence-corrected chi connectivity index (χ0v) is 24.9. The third kappa shape index (κ3) is 5.24. The largest absolute Gasteiger partial charge is 0.477 e. The minimum Gasteiger partial charge on any atom is -0.477 e. The molecule has 0 saturated heterocycles. The lowest BCUT2D eigenvalue weighted by molar-refractivity contribution is 0.100. The number of carbonyl (C=O) groups excluding carboxylic acids is 1. The Morgan fingerprint density at radius 3 is 2.71 bits per heavy atom. The number of benzene rings is 1. The highest BCUT2D eigenvalue weighted by Crippen LogP contribution is 2.43. The van der Waals surface area contributed by atoms with Crippen LogP contribution in [0.25, 0.3) is 11.3 Å². The molecule has 0 unspecified atom stereocenters. The molecule has 1 atom stereocenters. The van der Waals surface area contributed by atoms with Crippen molar-refractivity contribution < 1.29 is 9.53 Å². The van der Waals surface area contributed by atoms with Gasteiger partial charge in [-0.3, -0.25) is 9.78 Å². The topological polar surface area (TPSA) is 99.9 Å². The number of amides is 1. The summed E-state index contributed by atoms with van der Waals surface area (Å²) in [6.45, 7) is 3.31. The summed E-state index contributed by atoms with van der Waals surface area (Å²) in [5, 5.41) is 11.6. The highest BCUT2D eigenvalue weighted by molar-refractivity contribution is 6.19. The molecule has 1 aromatic carbocycles. The van der Waals surface area contributed by atoms with Crippen molar-refractivity contribution >= 4 is 28.9 Å². The monoisotopic (exact) mass is 568 g/mol. The first kappa shape index (κ1) is 26.9. The molecule has 2 saturated carbocycles. The number of hydrogen-bond acceptors (Lipinski definition) is 8. The van der Waals surface area contributed by atoms with E-state index in [2.05, 4.69) is 62.8 Å². The predicted octanol–water partition coefficient (Wildman–Crippen LogP) is 4.92. The highest BCUT2D eigenvalue weighted by atomic mass is 16.5. The van der Waals surface area contributed by atoms with E-state index in [9.17, 15) is 4.79 Å². The summed E-state index contributed by atoms with van der Waals surface area (Å²) in [4.78, 5) is 27.6. The van der Waals surface area contributed by atoms with Crippen molar-refractivity contribution in [2.24, 2.45) is 23.9 Å². The Kier molecular flexibility index (Phi) is 6.88. The molecule has 2 fully saturated rings. The standard InChI is InChI=1S/C32H40N8O2/c1-19-12-22-13-28(34-19)26-17-33-39(4)31(26)42-11-5-6-21(20-7-8-20)18-40-29-16-23(35-24-14-25(15-24)38(2)3)9-10-27(29)36-32(40)37-30(22)41/h9-10,12-13,16-17,20-21,24-25,35H,5-8,11,14-15,18H2,1-4H3,(H,36,37,41)/t21-,24-,25-/m1/s1. The van der Waals surface area contributed by atoms with Crippen molar-refractivity contribution in [2.75, 3.05) is 42.8 Å².